The normalized spacial score (nSPS) is 18.5. The zero-order chi connectivity index (χ0) is 10.7. The fourth-order valence-corrected chi connectivity index (χ4v) is 2.22. The summed E-state index contributed by atoms with van der Waals surface area (Å²) in [7, 11) is 0. The molecule has 0 amide bonds. The van der Waals surface area contributed by atoms with Crippen molar-refractivity contribution in [3.63, 3.8) is 0 Å². The van der Waals surface area contributed by atoms with Crippen LogP contribution in [-0.4, -0.2) is 6.54 Å². The van der Waals surface area contributed by atoms with Gasteiger partial charge >= 0.3 is 0 Å². The lowest BCUT2D eigenvalue weighted by Gasteiger charge is -2.34. The van der Waals surface area contributed by atoms with Crippen molar-refractivity contribution >= 4 is 0 Å². The zero-order valence-corrected chi connectivity index (χ0v) is 9.17. The van der Waals surface area contributed by atoms with E-state index >= 15 is 0 Å². The lowest BCUT2D eigenvalue weighted by Crippen LogP contribution is -2.32. The predicted molar refractivity (Wildman–Crippen MR) is 60.2 cm³/mol. The quantitative estimate of drug-likeness (QED) is 0.799. The van der Waals surface area contributed by atoms with E-state index in [4.69, 9.17) is 0 Å². The van der Waals surface area contributed by atoms with Crippen LogP contribution in [0.5, 0.6) is 0 Å². The van der Waals surface area contributed by atoms with Gasteiger partial charge in [-0.3, -0.25) is 0 Å². The van der Waals surface area contributed by atoms with Gasteiger partial charge in [-0.15, -0.1) is 0 Å². The molecule has 0 bridgehead atoms. The maximum Gasteiger partial charge on any atom is 0.123 e. The van der Waals surface area contributed by atoms with Crippen molar-refractivity contribution in [3.8, 4) is 0 Å². The van der Waals surface area contributed by atoms with E-state index in [0.29, 0.717) is 6.04 Å². The average molecular weight is 207 g/mol. The minimum atomic E-state index is -0.150. The molecule has 1 aliphatic rings. The summed E-state index contributed by atoms with van der Waals surface area (Å²) in [4.78, 5) is 0. The van der Waals surface area contributed by atoms with Crippen LogP contribution in [0.3, 0.4) is 0 Å². The van der Waals surface area contributed by atoms with Crippen LogP contribution >= 0.6 is 0 Å². The largest absolute Gasteiger partial charge is 0.310 e. The third-order valence-electron chi connectivity index (χ3n) is 3.27. The van der Waals surface area contributed by atoms with Gasteiger partial charge in [0.25, 0.3) is 0 Å². The molecule has 1 aromatic carbocycles. The molecular weight excluding hydrogens is 189 g/mol. The molecule has 0 radical (unpaired) electrons. The summed E-state index contributed by atoms with van der Waals surface area (Å²) < 4.78 is 12.8. The van der Waals surface area contributed by atoms with Gasteiger partial charge in [0, 0.05) is 6.04 Å². The summed E-state index contributed by atoms with van der Waals surface area (Å²) >= 11 is 0. The number of hydrogen-bond donors (Lipinski definition) is 1. The minimum Gasteiger partial charge on any atom is -0.310 e. The smallest absolute Gasteiger partial charge is 0.123 e. The fourth-order valence-electron chi connectivity index (χ4n) is 2.22. The molecule has 0 spiro atoms. The van der Waals surface area contributed by atoms with Crippen molar-refractivity contribution < 1.29 is 4.39 Å². The first-order valence-corrected chi connectivity index (χ1v) is 5.80. The maximum atomic E-state index is 12.8. The standard InChI is InChI=1S/C13H18FN/c1-2-15-13(10-4-3-5-10)11-6-8-12(14)9-7-11/h6-10,13,15H,2-5H2,1H3. The highest BCUT2D eigenvalue weighted by Crippen LogP contribution is 2.37. The van der Waals surface area contributed by atoms with Crippen molar-refractivity contribution in [2.45, 2.75) is 32.2 Å². The molecule has 0 aliphatic heterocycles. The van der Waals surface area contributed by atoms with Crippen LogP contribution in [-0.2, 0) is 0 Å². The average Bonchev–Trinajstić information content (AvgIpc) is 2.16. The Kier molecular flexibility index (Phi) is 3.37. The van der Waals surface area contributed by atoms with Gasteiger partial charge in [0.2, 0.25) is 0 Å². The summed E-state index contributed by atoms with van der Waals surface area (Å²) in [5.41, 5.74) is 1.22. The Morgan fingerprint density at radius 1 is 1.33 bits per heavy atom. The highest BCUT2D eigenvalue weighted by atomic mass is 19.1. The third kappa shape index (κ3) is 2.37. The van der Waals surface area contributed by atoms with Crippen molar-refractivity contribution in [1.82, 2.24) is 5.32 Å². The highest BCUT2D eigenvalue weighted by molar-refractivity contribution is 5.21. The molecule has 2 rings (SSSR count). The van der Waals surface area contributed by atoms with Gasteiger partial charge < -0.3 is 5.32 Å². The molecule has 1 N–H and O–H groups in total. The fraction of sp³-hybridized carbons (Fsp3) is 0.538. The van der Waals surface area contributed by atoms with Gasteiger partial charge in [-0.05, 0) is 43.0 Å². The number of nitrogens with one attached hydrogen (secondary N) is 1. The monoisotopic (exact) mass is 207 g/mol. The second-order valence-corrected chi connectivity index (χ2v) is 4.28. The molecule has 1 nitrogen and oxygen atoms in total. The Balaban J connectivity index is 2.12. The Bertz CT molecular complexity index is 303. The van der Waals surface area contributed by atoms with Gasteiger partial charge in [-0.1, -0.05) is 25.5 Å². The molecule has 0 heterocycles. The van der Waals surface area contributed by atoms with Crippen LogP contribution < -0.4 is 5.32 Å². The lowest BCUT2D eigenvalue weighted by atomic mass is 9.77. The summed E-state index contributed by atoms with van der Waals surface area (Å²) in [6, 6.07) is 7.34. The Morgan fingerprint density at radius 2 is 2.00 bits per heavy atom. The van der Waals surface area contributed by atoms with Gasteiger partial charge in [0.05, 0.1) is 0 Å². The Labute approximate surface area is 90.7 Å². The van der Waals surface area contributed by atoms with Crippen LogP contribution in [0.4, 0.5) is 4.39 Å². The van der Waals surface area contributed by atoms with Gasteiger partial charge in [-0.25, -0.2) is 4.39 Å². The summed E-state index contributed by atoms with van der Waals surface area (Å²) in [6.45, 7) is 3.09. The number of rotatable bonds is 4. The number of hydrogen-bond acceptors (Lipinski definition) is 1. The van der Waals surface area contributed by atoms with Crippen molar-refractivity contribution in [1.29, 1.82) is 0 Å². The second-order valence-electron chi connectivity index (χ2n) is 4.28. The zero-order valence-electron chi connectivity index (χ0n) is 9.17. The van der Waals surface area contributed by atoms with Crippen LogP contribution in [0.1, 0.15) is 37.8 Å². The van der Waals surface area contributed by atoms with Crippen LogP contribution in [0.25, 0.3) is 0 Å². The van der Waals surface area contributed by atoms with E-state index < -0.39 is 0 Å². The maximum absolute atomic E-state index is 12.8. The first kappa shape index (κ1) is 10.6. The van der Waals surface area contributed by atoms with E-state index in [1.807, 2.05) is 12.1 Å². The van der Waals surface area contributed by atoms with E-state index in [2.05, 4.69) is 12.2 Å². The first-order valence-electron chi connectivity index (χ1n) is 5.80. The SMILES string of the molecule is CCNC(c1ccc(F)cc1)C1CCC1. The molecule has 0 aromatic heterocycles. The van der Waals surface area contributed by atoms with E-state index in [1.54, 1.807) is 12.1 Å². The van der Waals surface area contributed by atoms with E-state index in [0.717, 1.165) is 12.5 Å². The summed E-state index contributed by atoms with van der Waals surface area (Å²) in [6.07, 6.45) is 3.94. The molecule has 2 heteroatoms. The molecule has 1 fully saturated rings. The summed E-state index contributed by atoms with van der Waals surface area (Å²) in [5.74, 6) is 0.595. The molecule has 1 unspecified atom stereocenters. The highest BCUT2D eigenvalue weighted by Gasteiger charge is 2.27. The molecule has 15 heavy (non-hydrogen) atoms. The van der Waals surface area contributed by atoms with Crippen LogP contribution in [0.15, 0.2) is 24.3 Å². The number of benzene rings is 1. The Hall–Kier alpha value is -0.890. The van der Waals surface area contributed by atoms with Crippen LogP contribution in [0.2, 0.25) is 0 Å². The predicted octanol–water partition coefficient (Wildman–Crippen LogP) is 3.28. The van der Waals surface area contributed by atoms with E-state index in [-0.39, 0.29) is 5.82 Å². The third-order valence-corrected chi connectivity index (χ3v) is 3.27. The van der Waals surface area contributed by atoms with Gasteiger partial charge in [-0.2, -0.15) is 0 Å². The van der Waals surface area contributed by atoms with E-state index in [9.17, 15) is 4.39 Å². The van der Waals surface area contributed by atoms with Crippen molar-refractivity contribution in [3.05, 3.63) is 35.6 Å². The molecule has 1 aromatic rings. The van der Waals surface area contributed by atoms with Gasteiger partial charge in [0.1, 0.15) is 5.82 Å². The van der Waals surface area contributed by atoms with Crippen molar-refractivity contribution in [2.24, 2.45) is 5.92 Å². The van der Waals surface area contributed by atoms with Crippen LogP contribution in [0, 0.1) is 11.7 Å². The topological polar surface area (TPSA) is 12.0 Å². The molecular formula is C13H18FN. The molecule has 82 valence electrons. The Morgan fingerprint density at radius 3 is 2.47 bits per heavy atom. The second kappa shape index (κ2) is 4.75. The number of halogens is 1. The first-order chi connectivity index (χ1) is 7.31. The van der Waals surface area contributed by atoms with Crippen molar-refractivity contribution in [2.75, 3.05) is 6.54 Å². The van der Waals surface area contributed by atoms with E-state index in [1.165, 1.54) is 24.8 Å². The lowest BCUT2D eigenvalue weighted by molar-refractivity contribution is 0.233. The van der Waals surface area contributed by atoms with Gasteiger partial charge in [0.15, 0.2) is 0 Å². The minimum absolute atomic E-state index is 0.150. The molecule has 1 atom stereocenters. The summed E-state index contributed by atoms with van der Waals surface area (Å²) in [5, 5.41) is 3.50. The molecule has 1 aliphatic carbocycles. The molecule has 1 saturated carbocycles. The molecule has 0 saturated heterocycles.